The molecule has 0 atom stereocenters. The summed E-state index contributed by atoms with van der Waals surface area (Å²) in [6.45, 7) is 0.993. The first-order chi connectivity index (χ1) is 9.79. The van der Waals surface area contributed by atoms with Gasteiger partial charge in [0, 0.05) is 30.3 Å². The molecular formula is C13H11ClN6. The minimum atomic E-state index is 0.339. The van der Waals surface area contributed by atoms with Gasteiger partial charge in [-0.3, -0.25) is 0 Å². The number of rotatable bonds is 2. The lowest BCUT2D eigenvalue weighted by molar-refractivity contribution is 0.950. The first-order valence-electron chi connectivity index (χ1n) is 6.30. The molecule has 0 spiro atoms. The van der Waals surface area contributed by atoms with Gasteiger partial charge in [0.2, 0.25) is 5.95 Å². The Morgan fingerprint density at radius 2 is 2.30 bits per heavy atom. The van der Waals surface area contributed by atoms with E-state index in [1.165, 1.54) is 11.3 Å². The van der Waals surface area contributed by atoms with Gasteiger partial charge in [-0.15, -0.1) is 5.10 Å². The summed E-state index contributed by atoms with van der Waals surface area (Å²) in [5.74, 6) is 0.505. The zero-order valence-electron chi connectivity index (χ0n) is 10.5. The Morgan fingerprint density at radius 3 is 3.20 bits per heavy atom. The normalized spacial score (nSPS) is 13.2. The van der Waals surface area contributed by atoms with E-state index in [-0.39, 0.29) is 0 Å². The lowest BCUT2D eigenvalue weighted by Gasteiger charge is -2.04. The molecule has 0 aliphatic carbocycles. The van der Waals surface area contributed by atoms with Crippen LogP contribution in [-0.2, 0) is 6.42 Å². The zero-order chi connectivity index (χ0) is 13.5. The fourth-order valence-corrected chi connectivity index (χ4v) is 2.54. The summed E-state index contributed by atoms with van der Waals surface area (Å²) in [5, 5.41) is 11.2. The van der Waals surface area contributed by atoms with Crippen LogP contribution in [0.25, 0.3) is 5.65 Å². The molecule has 0 amide bonds. The van der Waals surface area contributed by atoms with E-state index in [1.807, 2.05) is 6.07 Å². The molecule has 3 heterocycles. The van der Waals surface area contributed by atoms with Crippen LogP contribution in [0, 0.1) is 0 Å². The molecule has 7 heteroatoms. The Balaban J connectivity index is 1.69. The van der Waals surface area contributed by atoms with Crippen LogP contribution in [0.5, 0.6) is 0 Å². The summed E-state index contributed by atoms with van der Waals surface area (Å²) in [6, 6.07) is 6.18. The van der Waals surface area contributed by atoms with Crippen LogP contribution in [0.2, 0.25) is 5.15 Å². The second-order valence-electron chi connectivity index (χ2n) is 4.60. The van der Waals surface area contributed by atoms with Gasteiger partial charge >= 0.3 is 0 Å². The van der Waals surface area contributed by atoms with Crippen molar-refractivity contribution in [3.05, 3.63) is 41.3 Å². The summed E-state index contributed by atoms with van der Waals surface area (Å²) < 4.78 is 1.60. The number of nitrogens with zero attached hydrogens (tertiary/aromatic N) is 4. The number of fused-ring (bicyclic) bond motifs is 2. The van der Waals surface area contributed by atoms with E-state index in [0.717, 1.165) is 18.7 Å². The van der Waals surface area contributed by atoms with Crippen molar-refractivity contribution in [1.82, 2.24) is 19.6 Å². The summed E-state index contributed by atoms with van der Waals surface area (Å²) in [5.41, 5.74) is 4.01. The average Bonchev–Trinajstić information content (AvgIpc) is 3.05. The van der Waals surface area contributed by atoms with E-state index in [9.17, 15) is 0 Å². The fraction of sp³-hybridized carbons (Fsp3) is 0.154. The van der Waals surface area contributed by atoms with E-state index < -0.39 is 0 Å². The summed E-state index contributed by atoms with van der Waals surface area (Å²) >= 11 is 5.98. The predicted molar refractivity (Wildman–Crippen MR) is 77.7 cm³/mol. The maximum atomic E-state index is 5.98. The van der Waals surface area contributed by atoms with Gasteiger partial charge in [0.05, 0.1) is 0 Å². The lowest BCUT2D eigenvalue weighted by atomic mass is 10.1. The number of hydrogen-bond acceptors (Lipinski definition) is 5. The van der Waals surface area contributed by atoms with Gasteiger partial charge in [-0.1, -0.05) is 11.6 Å². The quantitative estimate of drug-likeness (QED) is 0.757. The molecule has 0 bridgehead atoms. The first kappa shape index (κ1) is 11.5. The Bertz CT molecular complexity index is 797. The van der Waals surface area contributed by atoms with Gasteiger partial charge in [-0.05, 0) is 30.2 Å². The van der Waals surface area contributed by atoms with Gasteiger partial charge in [-0.25, -0.2) is 9.50 Å². The third-order valence-corrected chi connectivity index (χ3v) is 3.55. The number of benzene rings is 1. The van der Waals surface area contributed by atoms with Crippen LogP contribution in [0.1, 0.15) is 5.56 Å². The van der Waals surface area contributed by atoms with Crippen LogP contribution in [0.4, 0.5) is 17.3 Å². The Kier molecular flexibility index (Phi) is 2.50. The van der Waals surface area contributed by atoms with Gasteiger partial charge in [0.25, 0.3) is 0 Å². The highest BCUT2D eigenvalue weighted by Gasteiger charge is 2.11. The average molecular weight is 287 g/mol. The monoisotopic (exact) mass is 286 g/mol. The molecule has 1 aromatic carbocycles. The smallest absolute Gasteiger partial charge is 0.247 e. The van der Waals surface area contributed by atoms with Crippen molar-refractivity contribution < 1.29 is 0 Å². The molecule has 1 aliphatic rings. The predicted octanol–water partition coefficient (Wildman–Crippen LogP) is 2.49. The van der Waals surface area contributed by atoms with Crippen molar-refractivity contribution in [3.8, 4) is 0 Å². The van der Waals surface area contributed by atoms with Gasteiger partial charge < -0.3 is 10.6 Å². The van der Waals surface area contributed by atoms with Gasteiger partial charge in [-0.2, -0.15) is 4.98 Å². The van der Waals surface area contributed by atoms with E-state index in [1.54, 1.807) is 16.9 Å². The second kappa shape index (κ2) is 4.35. The number of anilines is 3. The van der Waals surface area contributed by atoms with Crippen molar-refractivity contribution in [2.75, 3.05) is 17.2 Å². The molecule has 3 aromatic rings. The van der Waals surface area contributed by atoms with E-state index in [4.69, 9.17) is 11.6 Å². The molecular weight excluding hydrogens is 276 g/mol. The lowest BCUT2D eigenvalue weighted by Crippen LogP contribution is -1.94. The number of hydrogen-bond donors (Lipinski definition) is 2. The summed E-state index contributed by atoms with van der Waals surface area (Å²) in [4.78, 5) is 8.31. The van der Waals surface area contributed by atoms with Gasteiger partial charge in [0.1, 0.15) is 0 Å². The Labute approximate surface area is 119 Å². The minimum Gasteiger partial charge on any atom is -0.384 e. The largest absolute Gasteiger partial charge is 0.384 e. The molecule has 0 fully saturated rings. The highest BCUT2D eigenvalue weighted by Crippen LogP contribution is 2.26. The highest BCUT2D eigenvalue weighted by molar-refractivity contribution is 6.32. The molecule has 0 saturated heterocycles. The molecule has 2 aromatic heterocycles. The molecule has 0 unspecified atom stereocenters. The third kappa shape index (κ3) is 1.85. The van der Waals surface area contributed by atoms with Crippen molar-refractivity contribution in [2.24, 2.45) is 0 Å². The van der Waals surface area contributed by atoms with Crippen molar-refractivity contribution in [3.63, 3.8) is 0 Å². The molecule has 20 heavy (non-hydrogen) atoms. The van der Waals surface area contributed by atoms with E-state index >= 15 is 0 Å². The maximum absolute atomic E-state index is 5.98. The number of halogens is 1. The summed E-state index contributed by atoms with van der Waals surface area (Å²) in [7, 11) is 0. The Hall–Kier alpha value is -2.34. The maximum Gasteiger partial charge on any atom is 0.247 e. The standard InChI is InChI=1S/C13H11ClN6/c14-11-12-18-13(19-20(12)6-5-16-11)17-9-1-2-10-8(7-9)3-4-15-10/h1-2,5-7,15H,3-4H2,(H,17,19). The highest BCUT2D eigenvalue weighted by atomic mass is 35.5. The first-order valence-corrected chi connectivity index (χ1v) is 6.68. The molecule has 2 N–H and O–H groups in total. The Morgan fingerprint density at radius 1 is 1.35 bits per heavy atom. The third-order valence-electron chi connectivity index (χ3n) is 3.28. The molecule has 6 nitrogen and oxygen atoms in total. The summed E-state index contributed by atoms with van der Waals surface area (Å²) in [6.07, 6.45) is 4.35. The number of nitrogens with one attached hydrogen (secondary N) is 2. The van der Waals surface area contributed by atoms with Crippen LogP contribution >= 0.6 is 11.6 Å². The minimum absolute atomic E-state index is 0.339. The van der Waals surface area contributed by atoms with Crippen LogP contribution in [-0.4, -0.2) is 26.1 Å². The van der Waals surface area contributed by atoms with E-state index in [2.05, 4.69) is 37.8 Å². The second-order valence-corrected chi connectivity index (χ2v) is 4.95. The topological polar surface area (TPSA) is 67.1 Å². The molecule has 0 saturated carbocycles. The zero-order valence-corrected chi connectivity index (χ0v) is 11.2. The SMILES string of the molecule is Clc1nccn2nc(Nc3ccc4c(c3)CCN4)nc12. The van der Waals surface area contributed by atoms with Crippen molar-refractivity contribution in [2.45, 2.75) is 6.42 Å². The molecule has 4 rings (SSSR count). The number of aromatic nitrogens is 4. The molecule has 0 radical (unpaired) electrons. The van der Waals surface area contributed by atoms with Crippen molar-refractivity contribution >= 4 is 34.6 Å². The van der Waals surface area contributed by atoms with E-state index in [0.29, 0.717) is 16.7 Å². The van der Waals surface area contributed by atoms with Gasteiger partial charge in [0.15, 0.2) is 10.8 Å². The van der Waals surface area contributed by atoms with Crippen LogP contribution in [0.15, 0.2) is 30.6 Å². The fourth-order valence-electron chi connectivity index (χ4n) is 2.35. The van der Waals surface area contributed by atoms with Crippen molar-refractivity contribution in [1.29, 1.82) is 0 Å². The van der Waals surface area contributed by atoms with Crippen LogP contribution in [0.3, 0.4) is 0 Å². The molecule has 1 aliphatic heterocycles. The molecule has 100 valence electrons. The van der Waals surface area contributed by atoms with Crippen LogP contribution < -0.4 is 10.6 Å².